The highest BCUT2D eigenvalue weighted by Crippen LogP contribution is 2.18. The summed E-state index contributed by atoms with van der Waals surface area (Å²) in [5, 5.41) is 0. The van der Waals surface area contributed by atoms with E-state index < -0.39 is 5.97 Å². The molecule has 0 saturated carbocycles. The van der Waals surface area contributed by atoms with E-state index in [1.807, 2.05) is 41.8 Å². The van der Waals surface area contributed by atoms with Crippen LogP contribution in [-0.2, 0) is 11.3 Å². The van der Waals surface area contributed by atoms with Crippen molar-refractivity contribution in [2.45, 2.75) is 39.7 Å². The maximum Gasteiger partial charge on any atom is 0.343 e. The Kier molecular flexibility index (Phi) is 6.15. The van der Waals surface area contributed by atoms with Gasteiger partial charge in [0, 0.05) is 18.8 Å². The summed E-state index contributed by atoms with van der Waals surface area (Å²) in [6.45, 7) is 5.09. The van der Waals surface area contributed by atoms with Gasteiger partial charge in [0.15, 0.2) is 5.43 Å². The Hall–Kier alpha value is -2.36. The van der Waals surface area contributed by atoms with Crippen molar-refractivity contribution >= 4 is 5.97 Å². The second kappa shape index (κ2) is 8.32. The Balaban J connectivity index is 2.26. The molecule has 0 unspecified atom stereocenters. The highest BCUT2D eigenvalue weighted by molar-refractivity contribution is 5.89. The Morgan fingerprint density at radius 1 is 1.13 bits per heavy atom. The van der Waals surface area contributed by atoms with Gasteiger partial charge in [-0.2, -0.15) is 0 Å². The van der Waals surface area contributed by atoms with Gasteiger partial charge < -0.3 is 9.30 Å². The zero-order valence-electron chi connectivity index (χ0n) is 13.7. The summed E-state index contributed by atoms with van der Waals surface area (Å²) in [6, 6.07) is 11.2. The molecule has 1 aromatic heterocycles. The highest BCUT2D eigenvalue weighted by Gasteiger charge is 2.15. The van der Waals surface area contributed by atoms with Crippen molar-refractivity contribution < 1.29 is 9.53 Å². The lowest BCUT2D eigenvalue weighted by Crippen LogP contribution is -2.20. The number of aryl methyl sites for hydroxylation is 1. The first-order valence-corrected chi connectivity index (χ1v) is 8.14. The van der Waals surface area contributed by atoms with Gasteiger partial charge in [-0.05, 0) is 18.9 Å². The van der Waals surface area contributed by atoms with Crippen LogP contribution in [0.2, 0.25) is 0 Å². The van der Waals surface area contributed by atoms with Crippen LogP contribution in [0.25, 0.3) is 11.3 Å². The lowest BCUT2D eigenvalue weighted by molar-refractivity contribution is 0.0495. The van der Waals surface area contributed by atoms with Crippen molar-refractivity contribution in [1.82, 2.24) is 4.57 Å². The minimum Gasteiger partial charge on any atom is -0.462 e. The first kappa shape index (κ1) is 17.0. The minimum atomic E-state index is -0.534. The number of unbranched alkanes of at least 4 members (excludes halogenated alkanes) is 2. The minimum absolute atomic E-state index is 0.100. The molecule has 0 aliphatic carbocycles. The van der Waals surface area contributed by atoms with Gasteiger partial charge in [0.05, 0.1) is 12.3 Å². The van der Waals surface area contributed by atoms with Gasteiger partial charge in [0.1, 0.15) is 5.56 Å². The van der Waals surface area contributed by atoms with Crippen molar-refractivity contribution in [2.24, 2.45) is 0 Å². The fraction of sp³-hybridized carbons (Fsp3) is 0.368. The van der Waals surface area contributed by atoms with Gasteiger partial charge in [-0.1, -0.05) is 50.1 Å². The van der Waals surface area contributed by atoms with Gasteiger partial charge in [-0.15, -0.1) is 0 Å². The summed E-state index contributed by atoms with van der Waals surface area (Å²) in [4.78, 5) is 24.4. The van der Waals surface area contributed by atoms with E-state index in [2.05, 4.69) is 6.92 Å². The molecular weight excluding hydrogens is 290 g/mol. The average molecular weight is 313 g/mol. The van der Waals surface area contributed by atoms with E-state index in [-0.39, 0.29) is 11.0 Å². The maximum absolute atomic E-state index is 12.3. The van der Waals surface area contributed by atoms with E-state index in [4.69, 9.17) is 4.74 Å². The van der Waals surface area contributed by atoms with Crippen LogP contribution in [0.3, 0.4) is 0 Å². The zero-order chi connectivity index (χ0) is 16.7. The van der Waals surface area contributed by atoms with Gasteiger partial charge in [0.2, 0.25) is 0 Å². The molecule has 4 nitrogen and oxygen atoms in total. The molecule has 23 heavy (non-hydrogen) atoms. The Bertz CT molecular complexity index is 704. The highest BCUT2D eigenvalue weighted by atomic mass is 16.5. The Labute approximate surface area is 136 Å². The number of rotatable bonds is 7. The van der Waals surface area contributed by atoms with Crippen LogP contribution in [0.5, 0.6) is 0 Å². The van der Waals surface area contributed by atoms with Crippen LogP contribution in [-0.4, -0.2) is 17.1 Å². The Morgan fingerprint density at radius 2 is 1.87 bits per heavy atom. The molecule has 0 bridgehead atoms. The fourth-order valence-electron chi connectivity index (χ4n) is 2.44. The SMILES string of the molecule is CCCCCOC(=O)c1cn(CC)c(-c2ccccc2)cc1=O. The third kappa shape index (κ3) is 4.31. The number of ether oxygens (including phenoxy) is 1. The molecule has 1 heterocycles. The molecular formula is C19H23NO3. The predicted octanol–water partition coefficient (Wildman–Crippen LogP) is 3.88. The summed E-state index contributed by atoms with van der Waals surface area (Å²) in [5.74, 6) is -0.534. The van der Waals surface area contributed by atoms with Crippen LogP contribution in [0.15, 0.2) is 47.4 Å². The number of carbonyl (C=O) groups is 1. The molecule has 0 atom stereocenters. The summed E-state index contributed by atoms with van der Waals surface area (Å²) in [5.41, 5.74) is 1.56. The summed E-state index contributed by atoms with van der Waals surface area (Å²) < 4.78 is 7.11. The number of nitrogens with zero attached hydrogens (tertiary/aromatic N) is 1. The molecule has 2 aromatic rings. The number of hydrogen-bond donors (Lipinski definition) is 0. The summed E-state index contributed by atoms with van der Waals surface area (Å²) in [7, 11) is 0. The first-order valence-electron chi connectivity index (χ1n) is 8.14. The third-order valence-electron chi connectivity index (χ3n) is 3.74. The number of aromatic nitrogens is 1. The van der Waals surface area contributed by atoms with Crippen LogP contribution >= 0.6 is 0 Å². The molecule has 2 rings (SSSR count). The van der Waals surface area contributed by atoms with Crippen LogP contribution in [0, 0.1) is 0 Å². The molecule has 0 fully saturated rings. The number of carbonyl (C=O) groups excluding carboxylic acids is 1. The van der Waals surface area contributed by atoms with Crippen molar-refractivity contribution in [3.05, 3.63) is 58.4 Å². The largest absolute Gasteiger partial charge is 0.462 e. The summed E-state index contributed by atoms with van der Waals surface area (Å²) in [6.07, 6.45) is 4.50. The maximum atomic E-state index is 12.3. The standard InChI is InChI=1S/C19H23NO3/c1-3-5-9-12-23-19(22)16-14-20(4-2)17(13-18(16)21)15-10-7-6-8-11-15/h6-8,10-11,13-14H,3-5,9,12H2,1-2H3. The van der Waals surface area contributed by atoms with Crippen molar-refractivity contribution in [3.8, 4) is 11.3 Å². The monoisotopic (exact) mass is 313 g/mol. The lowest BCUT2D eigenvalue weighted by atomic mass is 10.1. The second-order valence-corrected chi connectivity index (χ2v) is 5.43. The van der Waals surface area contributed by atoms with Crippen LogP contribution in [0.4, 0.5) is 0 Å². The van der Waals surface area contributed by atoms with E-state index >= 15 is 0 Å². The van der Waals surface area contributed by atoms with E-state index in [1.165, 1.54) is 6.07 Å². The van der Waals surface area contributed by atoms with E-state index in [9.17, 15) is 9.59 Å². The molecule has 1 aromatic carbocycles. The quantitative estimate of drug-likeness (QED) is 0.575. The first-order chi connectivity index (χ1) is 11.2. The van der Waals surface area contributed by atoms with Gasteiger partial charge in [-0.25, -0.2) is 4.79 Å². The van der Waals surface area contributed by atoms with Gasteiger partial charge in [-0.3, -0.25) is 4.79 Å². The number of benzene rings is 1. The number of pyridine rings is 1. The predicted molar refractivity (Wildman–Crippen MR) is 91.6 cm³/mol. The van der Waals surface area contributed by atoms with Gasteiger partial charge >= 0.3 is 5.97 Å². The normalized spacial score (nSPS) is 10.5. The van der Waals surface area contributed by atoms with E-state index in [0.29, 0.717) is 13.2 Å². The van der Waals surface area contributed by atoms with Crippen molar-refractivity contribution in [3.63, 3.8) is 0 Å². The molecule has 0 saturated heterocycles. The molecule has 0 aliphatic rings. The van der Waals surface area contributed by atoms with Crippen molar-refractivity contribution in [1.29, 1.82) is 0 Å². The molecule has 122 valence electrons. The molecule has 0 amide bonds. The lowest BCUT2D eigenvalue weighted by Gasteiger charge is -2.13. The third-order valence-corrected chi connectivity index (χ3v) is 3.74. The average Bonchev–Trinajstić information content (AvgIpc) is 2.59. The topological polar surface area (TPSA) is 48.3 Å². The smallest absolute Gasteiger partial charge is 0.343 e. The summed E-state index contributed by atoms with van der Waals surface area (Å²) >= 11 is 0. The second-order valence-electron chi connectivity index (χ2n) is 5.43. The molecule has 0 spiro atoms. The van der Waals surface area contributed by atoms with Gasteiger partial charge in [0.25, 0.3) is 0 Å². The van der Waals surface area contributed by atoms with Crippen LogP contribution in [0.1, 0.15) is 43.5 Å². The zero-order valence-corrected chi connectivity index (χ0v) is 13.7. The van der Waals surface area contributed by atoms with Crippen molar-refractivity contribution in [2.75, 3.05) is 6.61 Å². The number of hydrogen-bond acceptors (Lipinski definition) is 3. The fourth-order valence-corrected chi connectivity index (χ4v) is 2.44. The molecule has 0 aliphatic heterocycles. The van der Waals surface area contributed by atoms with Crippen LogP contribution < -0.4 is 5.43 Å². The molecule has 0 N–H and O–H groups in total. The number of esters is 1. The molecule has 4 heteroatoms. The van der Waals surface area contributed by atoms with E-state index in [1.54, 1.807) is 6.20 Å². The Morgan fingerprint density at radius 3 is 2.52 bits per heavy atom. The molecule has 0 radical (unpaired) electrons. The van der Waals surface area contributed by atoms with E-state index in [0.717, 1.165) is 30.5 Å².